The minimum absolute atomic E-state index is 0.244. The first-order valence-corrected chi connectivity index (χ1v) is 6.71. The first-order valence-electron chi connectivity index (χ1n) is 6.71. The lowest BCUT2D eigenvalue weighted by Gasteiger charge is -2.20. The van der Waals surface area contributed by atoms with Crippen LogP contribution in [-0.4, -0.2) is 19.1 Å². The van der Waals surface area contributed by atoms with Gasteiger partial charge in [0.1, 0.15) is 13.2 Å². The second-order valence-corrected chi connectivity index (χ2v) is 4.86. The maximum atomic E-state index is 12.5. The lowest BCUT2D eigenvalue weighted by atomic mass is 10.1. The van der Waals surface area contributed by atoms with E-state index >= 15 is 0 Å². The Morgan fingerprint density at radius 1 is 1.19 bits per heavy atom. The first kappa shape index (κ1) is 13.3. The summed E-state index contributed by atoms with van der Waals surface area (Å²) in [5.74, 6) is 0.840. The zero-order valence-electron chi connectivity index (χ0n) is 11.7. The molecule has 5 heteroatoms. The quantitative estimate of drug-likeness (QED) is 0.831. The molecule has 0 saturated carbocycles. The molecule has 3 N–H and O–H groups in total. The normalized spacial score (nSPS) is 12.8. The molecule has 0 aromatic heterocycles. The van der Waals surface area contributed by atoms with Gasteiger partial charge in [-0.3, -0.25) is 4.79 Å². The highest BCUT2D eigenvalue weighted by Crippen LogP contribution is 2.34. The van der Waals surface area contributed by atoms with Gasteiger partial charge in [-0.15, -0.1) is 0 Å². The number of nitrogen functional groups attached to an aromatic ring is 1. The lowest BCUT2D eigenvalue weighted by molar-refractivity contribution is 0.101. The minimum atomic E-state index is -0.244. The standard InChI is InChI=1S/C16H16N2O3/c1-10-5-6-11(17)9-13(10)18-16(19)12-3-2-4-14-15(12)21-8-7-20-14/h2-6,9H,7-8,17H2,1H3,(H,18,19). The van der Waals surface area contributed by atoms with Crippen LogP contribution in [0.2, 0.25) is 0 Å². The molecule has 5 nitrogen and oxygen atoms in total. The van der Waals surface area contributed by atoms with Crippen molar-refractivity contribution in [3.8, 4) is 11.5 Å². The summed E-state index contributed by atoms with van der Waals surface area (Å²) in [7, 11) is 0. The molecule has 1 aliphatic heterocycles. The number of carbonyl (C=O) groups excluding carboxylic acids is 1. The molecule has 1 heterocycles. The van der Waals surface area contributed by atoms with E-state index in [4.69, 9.17) is 15.2 Å². The molecule has 0 saturated heterocycles. The number of fused-ring (bicyclic) bond motifs is 1. The van der Waals surface area contributed by atoms with E-state index in [2.05, 4.69) is 5.32 Å². The van der Waals surface area contributed by atoms with Gasteiger partial charge in [-0.2, -0.15) is 0 Å². The van der Waals surface area contributed by atoms with E-state index in [0.717, 1.165) is 5.56 Å². The zero-order chi connectivity index (χ0) is 14.8. The number of benzene rings is 2. The number of para-hydroxylation sites is 1. The van der Waals surface area contributed by atoms with E-state index < -0.39 is 0 Å². The van der Waals surface area contributed by atoms with Crippen LogP contribution in [-0.2, 0) is 0 Å². The maximum absolute atomic E-state index is 12.5. The Bertz CT molecular complexity index is 698. The third-order valence-corrected chi connectivity index (χ3v) is 3.32. The van der Waals surface area contributed by atoms with Gasteiger partial charge in [0.2, 0.25) is 0 Å². The fraction of sp³-hybridized carbons (Fsp3) is 0.188. The van der Waals surface area contributed by atoms with Crippen molar-refractivity contribution in [1.82, 2.24) is 0 Å². The van der Waals surface area contributed by atoms with Crippen molar-refractivity contribution < 1.29 is 14.3 Å². The number of ether oxygens (including phenoxy) is 2. The zero-order valence-corrected chi connectivity index (χ0v) is 11.7. The summed E-state index contributed by atoms with van der Waals surface area (Å²) in [6.07, 6.45) is 0. The largest absolute Gasteiger partial charge is 0.486 e. The number of nitrogens with two attached hydrogens (primary N) is 1. The predicted octanol–water partition coefficient (Wildman–Crippen LogP) is 2.60. The number of carbonyl (C=O) groups is 1. The van der Waals surface area contributed by atoms with Crippen LogP contribution < -0.4 is 20.5 Å². The predicted molar refractivity (Wildman–Crippen MR) is 81.0 cm³/mol. The fourth-order valence-electron chi connectivity index (χ4n) is 2.22. The van der Waals surface area contributed by atoms with E-state index in [9.17, 15) is 4.79 Å². The number of amides is 1. The Balaban J connectivity index is 1.91. The molecule has 0 unspecified atom stereocenters. The van der Waals surface area contributed by atoms with Crippen molar-refractivity contribution in [1.29, 1.82) is 0 Å². The molecule has 2 aromatic carbocycles. The summed E-state index contributed by atoms with van der Waals surface area (Å²) in [6, 6.07) is 10.7. The summed E-state index contributed by atoms with van der Waals surface area (Å²) >= 11 is 0. The average molecular weight is 284 g/mol. The summed E-state index contributed by atoms with van der Waals surface area (Å²) in [5.41, 5.74) is 8.45. The van der Waals surface area contributed by atoms with Crippen LogP contribution in [0.25, 0.3) is 0 Å². The molecule has 21 heavy (non-hydrogen) atoms. The second kappa shape index (κ2) is 5.36. The van der Waals surface area contributed by atoms with Crippen molar-refractivity contribution in [2.45, 2.75) is 6.92 Å². The number of hydrogen-bond acceptors (Lipinski definition) is 4. The fourth-order valence-corrected chi connectivity index (χ4v) is 2.22. The molecule has 0 spiro atoms. The highest BCUT2D eigenvalue weighted by molar-refractivity contribution is 6.07. The molecule has 1 amide bonds. The number of aryl methyl sites for hydroxylation is 1. The molecule has 1 aliphatic rings. The number of nitrogens with one attached hydrogen (secondary N) is 1. The van der Waals surface area contributed by atoms with E-state index in [0.29, 0.717) is 41.7 Å². The smallest absolute Gasteiger partial charge is 0.259 e. The van der Waals surface area contributed by atoms with E-state index in [-0.39, 0.29) is 5.91 Å². The number of anilines is 2. The monoisotopic (exact) mass is 284 g/mol. The van der Waals surface area contributed by atoms with E-state index in [1.54, 1.807) is 30.3 Å². The van der Waals surface area contributed by atoms with Gasteiger partial charge in [-0.25, -0.2) is 0 Å². The minimum Gasteiger partial charge on any atom is -0.486 e. The molecular weight excluding hydrogens is 268 g/mol. The first-order chi connectivity index (χ1) is 10.1. The lowest BCUT2D eigenvalue weighted by Crippen LogP contribution is -2.20. The van der Waals surface area contributed by atoms with Crippen LogP contribution in [0.3, 0.4) is 0 Å². The molecule has 108 valence electrons. The van der Waals surface area contributed by atoms with Crippen LogP contribution in [0.1, 0.15) is 15.9 Å². The maximum Gasteiger partial charge on any atom is 0.259 e. The topological polar surface area (TPSA) is 73.6 Å². The Kier molecular flexibility index (Phi) is 3.39. The van der Waals surface area contributed by atoms with Gasteiger partial charge in [0.05, 0.1) is 5.56 Å². The van der Waals surface area contributed by atoms with Gasteiger partial charge in [-0.05, 0) is 36.8 Å². The Morgan fingerprint density at radius 2 is 2.00 bits per heavy atom. The van der Waals surface area contributed by atoms with Crippen LogP contribution in [0, 0.1) is 6.92 Å². The van der Waals surface area contributed by atoms with Crippen molar-refractivity contribution in [3.63, 3.8) is 0 Å². The Hall–Kier alpha value is -2.69. The van der Waals surface area contributed by atoms with Gasteiger partial charge in [0, 0.05) is 11.4 Å². The SMILES string of the molecule is Cc1ccc(N)cc1NC(=O)c1cccc2c1OCCO2. The van der Waals surface area contributed by atoms with Gasteiger partial charge in [0.15, 0.2) is 11.5 Å². The molecule has 2 aromatic rings. The summed E-state index contributed by atoms with van der Waals surface area (Å²) in [5, 5.41) is 2.86. The van der Waals surface area contributed by atoms with Gasteiger partial charge in [0.25, 0.3) is 5.91 Å². The summed E-state index contributed by atoms with van der Waals surface area (Å²) in [6.45, 7) is 2.84. The number of hydrogen-bond donors (Lipinski definition) is 2. The third kappa shape index (κ3) is 2.63. The number of rotatable bonds is 2. The van der Waals surface area contributed by atoms with Crippen LogP contribution in [0.5, 0.6) is 11.5 Å². The van der Waals surface area contributed by atoms with Crippen molar-refractivity contribution in [3.05, 3.63) is 47.5 Å². The summed E-state index contributed by atoms with van der Waals surface area (Å²) < 4.78 is 11.0. The third-order valence-electron chi connectivity index (χ3n) is 3.32. The molecule has 0 atom stereocenters. The molecule has 0 aliphatic carbocycles. The van der Waals surface area contributed by atoms with Gasteiger partial charge in [-0.1, -0.05) is 12.1 Å². The van der Waals surface area contributed by atoms with Crippen molar-refractivity contribution in [2.24, 2.45) is 0 Å². The molecule has 0 bridgehead atoms. The van der Waals surface area contributed by atoms with Crippen molar-refractivity contribution >= 4 is 17.3 Å². The Labute approximate surface area is 122 Å². The van der Waals surface area contributed by atoms with Crippen LogP contribution in [0.15, 0.2) is 36.4 Å². The molecule has 3 rings (SSSR count). The average Bonchev–Trinajstić information content (AvgIpc) is 2.50. The molecular formula is C16H16N2O3. The summed E-state index contributed by atoms with van der Waals surface area (Å²) in [4.78, 5) is 12.5. The highest BCUT2D eigenvalue weighted by atomic mass is 16.6. The van der Waals surface area contributed by atoms with Gasteiger partial charge >= 0.3 is 0 Å². The van der Waals surface area contributed by atoms with Gasteiger partial charge < -0.3 is 20.5 Å². The Morgan fingerprint density at radius 3 is 2.86 bits per heavy atom. The van der Waals surface area contributed by atoms with Crippen molar-refractivity contribution in [2.75, 3.05) is 24.3 Å². The van der Waals surface area contributed by atoms with E-state index in [1.165, 1.54) is 0 Å². The highest BCUT2D eigenvalue weighted by Gasteiger charge is 2.20. The van der Waals surface area contributed by atoms with Crippen LogP contribution in [0.4, 0.5) is 11.4 Å². The van der Waals surface area contributed by atoms with Crippen LogP contribution >= 0.6 is 0 Å². The second-order valence-electron chi connectivity index (χ2n) is 4.86. The molecule has 0 fully saturated rings. The molecule has 0 radical (unpaired) electrons. The van der Waals surface area contributed by atoms with E-state index in [1.807, 2.05) is 13.0 Å².